The minimum absolute atomic E-state index is 0.304. The SMILES string of the molecule is Clc1cc(-c2ccc(Br)cc2)no1. The van der Waals surface area contributed by atoms with Crippen LogP contribution >= 0.6 is 27.5 Å². The Balaban J connectivity index is 2.41. The van der Waals surface area contributed by atoms with E-state index in [2.05, 4.69) is 21.1 Å². The Bertz CT molecular complexity index is 410. The monoisotopic (exact) mass is 257 g/mol. The third-order valence-electron chi connectivity index (χ3n) is 1.62. The molecule has 0 radical (unpaired) electrons. The van der Waals surface area contributed by atoms with Crippen molar-refractivity contribution in [3.8, 4) is 11.3 Å². The van der Waals surface area contributed by atoms with Crippen molar-refractivity contribution in [1.82, 2.24) is 5.16 Å². The summed E-state index contributed by atoms with van der Waals surface area (Å²) in [6, 6.07) is 9.46. The number of hydrogen-bond acceptors (Lipinski definition) is 2. The van der Waals surface area contributed by atoms with Gasteiger partial charge in [-0.15, -0.1) is 0 Å². The average molecular weight is 259 g/mol. The summed E-state index contributed by atoms with van der Waals surface area (Å²) < 4.78 is 5.79. The summed E-state index contributed by atoms with van der Waals surface area (Å²) in [5, 5.41) is 4.10. The highest BCUT2D eigenvalue weighted by Crippen LogP contribution is 2.22. The van der Waals surface area contributed by atoms with Crippen molar-refractivity contribution >= 4 is 27.5 Å². The second kappa shape index (κ2) is 3.52. The summed E-state index contributed by atoms with van der Waals surface area (Å²) in [4.78, 5) is 0. The van der Waals surface area contributed by atoms with Crippen molar-refractivity contribution < 1.29 is 4.52 Å². The van der Waals surface area contributed by atoms with E-state index < -0.39 is 0 Å². The van der Waals surface area contributed by atoms with E-state index in [0.29, 0.717) is 5.22 Å². The molecule has 0 saturated carbocycles. The molecule has 0 N–H and O–H groups in total. The van der Waals surface area contributed by atoms with Gasteiger partial charge < -0.3 is 4.52 Å². The highest BCUT2D eigenvalue weighted by atomic mass is 79.9. The van der Waals surface area contributed by atoms with Gasteiger partial charge in [0, 0.05) is 16.1 Å². The Morgan fingerprint density at radius 1 is 1.23 bits per heavy atom. The Morgan fingerprint density at radius 3 is 2.46 bits per heavy atom. The molecule has 0 saturated heterocycles. The third kappa shape index (κ3) is 1.92. The fourth-order valence-electron chi connectivity index (χ4n) is 1.01. The Labute approximate surface area is 88.6 Å². The number of rotatable bonds is 1. The molecule has 0 fully saturated rings. The van der Waals surface area contributed by atoms with Crippen LogP contribution in [0.3, 0.4) is 0 Å². The van der Waals surface area contributed by atoms with E-state index in [9.17, 15) is 0 Å². The average Bonchev–Trinajstić information content (AvgIpc) is 2.53. The lowest BCUT2D eigenvalue weighted by Gasteiger charge is -1.93. The van der Waals surface area contributed by atoms with E-state index >= 15 is 0 Å². The summed E-state index contributed by atoms with van der Waals surface area (Å²) in [7, 11) is 0. The summed E-state index contributed by atoms with van der Waals surface area (Å²) >= 11 is 8.96. The number of benzene rings is 1. The third-order valence-corrected chi connectivity index (χ3v) is 2.33. The van der Waals surface area contributed by atoms with Crippen LogP contribution in [0.15, 0.2) is 39.3 Å². The maximum absolute atomic E-state index is 5.60. The fourth-order valence-corrected chi connectivity index (χ4v) is 1.41. The van der Waals surface area contributed by atoms with Gasteiger partial charge in [-0.05, 0) is 23.7 Å². The summed E-state index contributed by atoms with van der Waals surface area (Å²) in [6.07, 6.45) is 0. The van der Waals surface area contributed by atoms with Crippen molar-refractivity contribution in [2.24, 2.45) is 0 Å². The van der Waals surface area contributed by atoms with E-state index in [1.54, 1.807) is 6.07 Å². The van der Waals surface area contributed by atoms with Crippen LogP contribution in [0.4, 0.5) is 0 Å². The van der Waals surface area contributed by atoms with Gasteiger partial charge in [-0.25, -0.2) is 0 Å². The quantitative estimate of drug-likeness (QED) is 0.778. The van der Waals surface area contributed by atoms with Crippen LogP contribution in [0.2, 0.25) is 5.22 Å². The molecular weight excluding hydrogens is 253 g/mol. The van der Waals surface area contributed by atoms with Crippen LogP contribution in [-0.4, -0.2) is 5.16 Å². The van der Waals surface area contributed by atoms with Gasteiger partial charge in [-0.2, -0.15) is 0 Å². The highest BCUT2D eigenvalue weighted by molar-refractivity contribution is 9.10. The van der Waals surface area contributed by atoms with Gasteiger partial charge in [0.2, 0.25) is 5.22 Å². The van der Waals surface area contributed by atoms with E-state index in [1.165, 1.54) is 0 Å². The number of aromatic nitrogens is 1. The molecule has 1 aromatic carbocycles. The first-order valence-corrected chi connectivity index (χ1v) is 4.81. The minimum atomic E-state index is 0.304. The zero-order chi connectivity index (χ0) is 9.26. The largest absolute Gasteiger partial charge is 0.344 e. The van der Waals surface area contributed by atoms with Crippen molar-refractivity contribution in [3.05, 3.63) is 40.0 Å². The maximum atomic E-state index is 5.60. The lowest BCUT2D eigenvalue weighted by Crippen LogP contribution is -1.74. The van der Waals surface area contributed by atoms with Crippen LogP contribution in [0.5, 0.6) is 0 Å². The van der Waals surface area contributed by atoms with E-state index in [1.807, 2.05) is 24.3 Å². The molecule has 0 aliphatic heterocycles. The predicted molar refractivity (Wildman–Crippen MR) is 54.6 cm³/mol. The second-order valence-electron chi connectivity index (χ2n) is 2.52. The zero-order valence-corrected chi connectivity index (χ0v) is 8.84. The minimum Gasteiger partial charge on any atom is -0.344 e. The van der Waals surface area contributed by atoms with E-state index in [4.69, 9.17) is 16.1 Å². The predicted octanol–water partition coefficient (Wildman–Crippen LogP) is 3.76. The number of hydrogen-bond donors (Lipinski definition) is 0. The first-order valence-electron chi connectivity index (χ1n) is 3.64. The Hall–Kier alpha value is -0.800. The summed E-state index contributed by atoms with van der Waals surface area (Å²) in [6.45, 7) is 0. The number of halogens is 2. The first kappa shape index (κ1) is 8.78. The number of nitrogens with zero attached hydrogens (tertiary/aromatic N) is 1. The highest BCUT2D eigenvalue weighted by Gasteiger charge is 2.03. The molecule has 0 aliphatic carbocycles. The lowest BCUT2D eigenvalue weighted by molar-refractivity contribution is 0.424. The molecule has 66 valence electrons. The van der Waals surface area contributed by atoms with Gasteiger partial charge in [0.15, 0.2) is 0 Å². The molecule has 2 aromatic rings. The summed E-state index contributed by atoms with van der Waals surface area (Å²) in [5.74, 6) is 0. The van der Waals surface area contributed by atoms with Crippen molar-refractivity contribution in [3.63, 3.8) is 0 Å². The Morgan fingerprint density at radius 2 is 1.92 bits per heavy atom. The lowest BCUT2D eigenvalue weighted by atomic mass is 10.2. The van der Waals surface area contributed by atoms with Crippen LogP contribution in [0, 0.1) is 0 Å². The van der Waals surface area contributed by atoms with Gasteiger partial charge >= 0.3 is 0 Å². The van der Waals surface area contributed by atoms with Crippen LogP contribution < -0.4 is 0 Å². The normalized spacial score (nSPS) is 10.3. The molecule has 0 spiro atoms. The first-order chi connectivity index (χ1) is 6.25. The van der Waals surface area contributed by atoms with Gasteiger partial charge in [-0.3, -0.25) is 0 Å². The maximum Gasteiger partial charge on any atom is 0.226 e. The van der Waals surface area contributed by atoms with E-state index in [0.717, 1.165) is 15.7 Å². The molecule has 2 nitrogen and oxygen atoms in total. The van der Waals surface area contributed by atoms with Gasteiger partial charge in [0.25, 0.3) is 0 Å². The molecule has 0 unspecified atom stereocenters. The summed E-state index contributed by atoms with van der Waals surface area (Å²) in [5.41, 5.74) is 1.73. The van der Waals surface area contributed by atoms with Gasteiger partial charge in [0.1, 0.15) is 5.69 Å². The van der Waals surface area contributed by atoms with Crippen LogP contribution in [0.1, 0.15) is 0 Å². The van der Waals surface area contributed by atoms with Crippen LogP contribution in [-0.2, 0) is 0 Å². The molecule has 1 aromatic heterocycles. The topological polar surface area (TPSA) is 26.0 Å². The van der Waals surface area contributed by atoms with Crippen molar-refractivity contribution in [1.29, 1.82) is 0 Å². The molecular formula is C9H5BrClNO. The standard InChI is InChI=1S/C9H5BrClNO/c10-7-3-1-6(2-4-7)8-5-9(11)13-12-8/h1-5H. The Kier molecular flexibility index (Phi) is 2.38. The molecule has 13 heavy (non-hydrogen) atoms. The molecule has 0 amide bonds. The molecule has 4 heteroatoms. The molecule has 0 atom stereocenters. The molecule has 2 rings (SSSR count). The van der Waals surface area contributed by atoms with Crippen LogP contribution in [0.25, 0.3) is 11.3 Å². The van der Waals surface area contributed by atoms with Crippen molar-refractivity contribution in [2.45, 2.75) is 0 Å². The van der Waals surface area contributed by atoms with Crippen molar-refractivity contribution in [2.75, 3.05) is 0 Å². The van der Waals surface area contributed by atoms with Gasteiger partial charge in [-0.1, -0.05) is 33.2 Å². The molecule has 1 heterocycles. The smallest absolute Gasteiger partial charge is 0.226 e. The second-order valence-corrected chi connectivity index (χ2v) is 3.81. The molecule has 0 bridgehead atoms. The van der Waals surface area contributed by atoms with Gasteiger partial charge in [0.05, 0.1) is 0 Å². The zero-order valence-electron chi connectivity index (χ0n) is 6.50. The fraction of sp³-hybridized carbons (Fsp3) is 0. The molecule has 0 aliphatic rings. The van der Waals surface area contributed by atoms with E-state index in [-0.39, 0.29) is 0 Å².